The zero-order valence-electron chi connectivity index (χ0n) is 11.9. The molecule has 0 radical (unpaired) electrons. The standard InChI is InChI=1S/C14H26O6/c1-2-13(18)12(17)14(19,9-6-4-3-5-7-9)11(16)10(8-15)20-13/h9-12,15-19H,2-8H2,1H3/t10-,11-,12+,13-,14+/m1/s1. The molecule has 20 heavy (non-hydrogen) atoms. The molecule has 1 heterocycles. The van der Waals surface area contributed by atoms with E-state index in [1.54, 1.807) is 6.92 Å². The van der Waals surface area contributed by atoms with Gasteiger partial charge in [0.15, 0.2) is 5.79 Å². The first-order valence-corrected chi connectivity index (χ1v) is 7.49. The number of aliphatic hydroxyl groups excluding tert-OH is 3. The third-order valence-corrected chi connectivity index (χ3v) is 4.99. The first-order chi connectivity index (χ1) is 9.40. The van der Waals surface area contributed by atoms with Crippen LogP contribution in [0.3, 0.4) is 0 Å². The van der Waals surface area contributed by atoms with E-state index in [-0.39, 0.29) is 12.3 Å². The predicted octanol–water partition coefficient (Wildman–Crippen LogP) is -0.491. The summed E-state index contributed by atoms with van der Waals surface area (Å²) in [7, 11) is 0. The molecule has 2 aliphatic rings. The molecule has 1 aliphatic heterocycles. The Kier molecular flexibility index (Phi) is 4.73. The van der Waals surface area contributed by atoms with E-state index in [9.17, 15) is 25.5 Å². The Morgan fingerprint density at radius 1 is 1.10 bits per heavy atom. The molecule has 2 rings (SSSR count). The van der Waals surface area contributed by atoms with Crippen molar-refractivity contribution in [2.24, 2.45) is 5.92 Å². The van der Waals surface area contributed by atoms with Crippen LogP contribution in [0.15, 0.2) is 0 Å². The summed E-state index contributed by atoms with van der Waals surface area (Å²) in [5.41, 5.74) is -1.85. The van der Waals surface area contributed by atoms with Crippen LogP contribution in [0.2, 0.25) is 0 Å². The molecule has 6 heteroatoms. The van der Waals surface area contributed by atoms with Gasteiger partial charge in [-0.2, -0.15) is 0 Å². The van der Waals surface area contributed by atoms with E-state index in [1.165, 1.54) is 0 Å². The predicted molar refractivity (Wildman–Crippen MR) is 70.7 cm³/mol. The molecular weight excluding hydrogens is 264 g/mol. The Balaban J connectivity index is 2.34. The summed E-state index contributed by atoms with van der Waals surface area (Å²) < 4.78 is 5.23. The molecule has 5 atom stereocenters. The Labute approximate surface area is 119 Å². The second kappa shape index (κ2) is 5.87. The number of ether oxygens (including phenoxy) is 1. The van der Waals surface area contributed by atoms with E-state index in [1.807, 2.05) is 0 Å². The van der Waals surface area contributed by atoms with Crippen molar-refractivity contribution in [3.8, 4) is 0 Å². The van der Waals surface area contributed by atoms with Crippen molar-refractivity contribution in [2.75, 3.05) is 6.61 Å². The summed E-state index contributed by atoms with van der Waals surface area (Å²) in [5.74, 6) is -2.25. The number of hydrogen-bond donors (Lipinski definition) is 5. The maximum Gasteiger partial charge on any atom is 0.195 e. The fourth-order valence-electron chi connectivity index (χ4n) is 3.66. The minimum atomic E-state index is -1.95. The van der Waals surface area contributed by atoms with Crippen LogP contribution in [0.1, 0.15) is 45.4 Å². The second-order valence-corrected chi connectivity index (χ2v) is 6.11. The lowest BCUT2D eigenvalue weighted by Crippen LogP contribution is -2.74. The summed E-state index contributed by atoms with van der Waals surface area (Å²) in [6, 6.07) is 0. The van der Waals surface area contributed by atoms with Gasteiger partial charge in [-0.05, 0) is 18.8 Å². The molecule has 0 aromatic rings. The molecule has 0 spiro atoms. The van der Waals surface area contributed by atoms with Gasteiger partial charge in [-0.3, -0.25) is 0 Å². The van der Waals surface area contributed by atoms with Crippen molar-refractivity contribution in [1.29, 1.82) is 0 Å². The molecule has 0 unspecified atom stereocenters. The van der Waals surface area contributed by atoms with Crippen LogP contribution >= 0.6 is 0 Å². The van der Waals surface area contributed by atoms with Crippen LogP contribution in [0.5, 0.6) is 0 Å². The van der Waals surface area contributed by atoms with Crippen LogP contribution in [-0.4, -0.2) is 61.8 Å². The van der Waals surface area contributed by atoms with Crippen molar-refractivity contribution in [2.45, 2.75) is 75.1 Å². The smallest absolute Gasteiger partial charge is 0.195 e. The van der Waals surface area contributed by atoms with Crippen LogP contribution in [0.25, 0.3) is 0 Å². The normalized spacial score (nSPS) is 47.4. The van der Waals surface area contributed by atoms with Crippen LogP contribution < -0.4 is 0 Å². The van der Waals surface area contributed by atoms with E-state index >= 15 is 0 Å². The van der Waals surface area contributed by atoms with Gasteiger partial charge in [-0.15, -0.1) is 0 Å². The summed E-state index contributed by atoms with van der Waals surface area (Å²) >= 11 is 0. The van der Waals surface area contributed by atoms with Crippen molar-refractivity contribution < 1.29 is 30.3 Å². The molecule has 0 amide bonds. The quantitative estimate of drug-likeness (QED) is 0.480. The molecular formula is C14H26O6. The van der Waals surface area contributed by atoms with E-state index < -0.39 is 36.3 Å². The van der Waals surface area contributed by atoms with Gasteiger partial charge >= 0.3 is 0 Å². The second-order valence-electron chi connectivity index (χ2n) is 6.11. The summed E-state index contributed by atoms with van der Waals surface area (Å²) in [4.78, 5) is 0. The minimum Gasteiger partial charge on any atom is -0.394 e. The highest BCUT2D eigenvalue weighted by Gasteiger charge is 2.63. The number of hydrogen-bond acceptors (Lipinski definition) is 6. The number of rotatable bonds is 3. The highest BCUT2D eigenvalue weighted by atomic mass is 16.7. The highest BCUT2D eigenvalue weighted by Crippen LogP contribution is 2.45. The lowest BCUT2D eigenvalue weighted by Gasteiger charge is -2.55. The minimum absolute atomic E-state index is 0.0619. The Morgan fingerprint density at radius 3 is 2.20 bits per heavy atom. The average Bonchev–Trinajstić information content (AvgIpc) is 2.50. The number of aliphatic hydroxyl groups is 5. The van der Waals surface area contributed by atoms with Gasteiger partial charge in [0.2, 0.25) is 0 Å². The largest absolute Gasteiger partial charge is 0.394 e. The highest BCUT2D eigenvalue weighted by molar-refractivity contribution is 5.09. The van der Waals surface area contributed by atoms with Crippen LogP contribution in [-0.2, 0) is 4.74 Å². The van der Waals surface area contributed by atoms with Gasteiger partial charge < -0.3 is 30.3 Å². The zero-order valence-corrected chi connectivity index (χ0v) is 11.9. The van der Waals surface area contributed by atoms with Gasteiger partial charge in [-0.25, -0.2) is 0 Å². The first-order valence-electron chi connectivity index (χ1n) is 7.49. The maximum absolute atomic E-state index is 11.0. The van der Waals surface area contributed by atoms with E-state index in [0.717, 1.165) is 19.3 Å². The first kappa shape index (κ1) is 16.1. The Hall–Kier alpha value is -0.240. The van der Waals surface area contributed by atoms with Crippen molar-refractivity contribution in [1.82, 2.24) is 0 Å². The molecule has 5 N–H and O–H groups in total. The van der Waals surface area contributed by atoms with E-state index in [2.05, 4.69) is 0 Å². The third-order valence-electron chi connectivity index (χ3n) is 4.99. The van der Waals surface area contributed by atoms with Gasteiger partial charge in [0.1, 0.15) is 23.9 Å². The molecule has 0 aromatic carbocycles. The Morgan fingerprint density at radius 2 is 1.70 bits per heavy atom. The molecule has 118 valence electrons. The molecule has 0 bridgehead atoms. The molecule has 1 saturated carbocycles. The molecule has 2 fully saturated rings. The maximum atomic E-state index is 11.0. The molecule has 1 aliphatic carbocycles. The average molecular weight is 290 g/mol. The molecule has 0 aromatic heterocycles. The molecule has 1 saturated heterocycles. The lowest BCUT2D eigenvalue weighted by molar-refractivity contribution is -0.386. The van der Waals surface area contributed by atoms with E-state index in [4.69, 9.17) is 4.74 Å². The summed E-state index contributed by atoms with van der Waals surface area (Å²) in [5, 5.41) is 51.4. The van der Waals surface area contributed by atoms with Gasteiger partial charge in [0.25, 0.3) is 0 Å². The fraction of sp³-hybridized carbons (Fsp3) is 1.00. The zero-order chi connectivity index (χ0) is 15.0. The summed E-state index contributed by atoms with van der Waals surface area (Å²) in [6.07, 6.45) is 0.214. The van der Waals surface area contributed by atoms with Gasteiger partial charge in [0, 0.05) is 6.42 Å². The van der Waals surface area contributed by atoms with Crippen LogP contribution in [0, 0.1) is 5.92 Å². The van der Waals surface area contributed by atoms with Crippen LogP contribution in [0.4, 0.5) is 0 Å². The van der Waals surface area contributed by atoms with Crippen molar-refractivity contribution in [3.63, 3.8) is 0 Å². The monoisotopic (exact) mass is 290 g/mol. The van der Waals surface area contributed by atoms with Gasteiger partial charge in [-0.1, -0.05) is 26.2 Å². The fourth-order valence-corrected chi connectivity index (χ4v) is 3.66. The lowest BCUT2D eigenvalue weighted by atomic mass is 9.66. The Bertz CT molecular complexity index is 328. The molecule has 6 nitrogen and oxygen atoms in total. The third kappa shape index (κ3) is 2.38. The van der Waals surface area contributed by atoms with Crippen molar-refractivity contribution >= 4 is 0 Å². The van der Waals surface area contributed by atoms with E-state index in [0.29, 0.717) is 12.8 Å². The van der Waals surface area contributed by atoms with Gasteiger partial charge in [0.05, 0.1) is 6.61 Å². The topological polar surface area (TPSA) is 110 Å². The van der Waals surface area contributed by atoms with Crippen molar-refractivity contribution in [3.05, 3.63) is 0 Å². The summed E-state index contributed by atoms with van der Waals surface area (Å²) in [6.45, 7) is 1.10. The SMILES string of the molecule is CC[C@@]1(O)O[C@H](CO)[C@@H](O)[C@@](O)(C2CCCCC2)[C@H]1O.